The maximum absolute atomic E-state index is 12.0. The van der Waals surface area contributed by atoms with Crippen LogP contribution in [-0.4, -0.2) is 31.2 Å². The molecule has 1 aliphatic carbocycles. The first-order chi connectivity index (χ1) is 10.1. The predicted molar refractivity (Wildman–Crippen MR) is 81.3 cm³/mol. The molecular formula is C16H26N2O3. The van der Waals surface area contributed by atoms with E-state index in [0.29, 0.717) is 36.6 Å². The molecule has 5 heteroatoms. The fraction of sp³-hybridized carbons (Fsp3) is 0.688. The van der Waals surface area contributed by atoms with Gasteiger partial charge >= 0.3 is 0 Å². The lowest BCUT2D eigenvalue weighted by molar-refractivity contribution is 0.0241. The normalized spacial score (nSPS) is 22.2. The van der Waals surface area contributed by atoms with E-state index in [0.717, 1.165) is 37.9 Å². The van der Waals surface area contributed by atoms with Crippen LogP contribution in [0.4, 0.5) is 0 Å². The Morgan fingerprint density at radius 3 is 2.71 bits per heavy atom. The molecule has 0 unspecified atom stereocenters. The van der Waals surface area contributed by atoms with Crippen molar-refractivity contribution < 1.29 is 13.9 Å². The summed E-state index contributed by atoms with van der Waals surface area (Å²) in [6, 6.07) is 2.12. The Bertz CT molecular complexity index is 462. The lowest BCUT2D eigenvalue weighted by atomic mass is 9.94. The fourth-order valence-electron chi connectivity index (χ4n) is 2.73. The van der Waals surface area contributed by atoms with Crippen molar-refractivity contribution in [3.8, 4) is 0 Å². The van der Waals surface area contributed by atoms with Crippen molar-refractivity contribution in [1.82, 2.24) is 5.32 Å². The van der Waals surface area contributed by atoms with Gasteiger partial charge in [0.1, 0.15) is 11.5 Å². The first-order valence-electron chi connectivity index (χ1n) is 7.78. The van der Waals surface area contributed by atoms with E-state index >= 15 is 0 Å². The van der Waals surface area contributed by atoms with Crippen LogP contribution < -0.4 is 11.1 Å². The number of amides is 1. The average Bonchev–Trinajstić information content (AvgIpc) is 2.79. The minimum absolute atomic E-state index is 0.0759. The van der Waals surface area contributed by atoms with E-state index in [1.54, 1.807) is 13.0 Å². The van der Waals surface area contributed by atoms with Crippen molar-refractivity contribution in [3.05, 3.63) is 23.2 Å². The summed E-state index contributed by atoms with van der Waals surface area (Å²) in [6.07, 6.45) is 5.40. The number of aryl methyl sites for hydroxylation is 2. The molecule has 5 nitrogen and oxygen atoms in total. The van der Waals surface area contributed by atoms with Gasteiger partial charge in [-0.1, -0.05) is 0 Å². The highest BCUT2D eigenvalue weighted by Gasteiger charge is 2.18. The summed E-state index contributed by atoms with van der Waals surface area (Å²) in [4.78, 5) is 12.0. The summed E-state index contributed by atoms with van der Waals surface area (Å²) in [7, 11) is 0. The smallest absolute Gasteiger partial charge is 0.254 e. The molecule has 1 heterocycles. The molecule has 0 saturated heterocycles. The van der Waals surface area contributed by atoms with Crippen molar-refractivity contribution in [3.63, 3.8) is 0 Å². The van der Waals surface area contributed by atoms with Crippen LogP contribution in [0.1, 0.15) is 54.0 Å². The molecule has 1 fully saturated rings. The first-order valence-corrected chi connectivity index (χ1v) is 7.78. The molecular weight excluding hydrogens is 268 g/mol. The van der Waals surface area contributed by atoms with Gasteiger partial charge in [0.15, 0.2) is 0 Å². The molecule has 1 saturated carbocycles. The van der Waals surface area contributed by atoms with E-state index in [1.807, 2.05) is 6.92 Å². The molecule has 0 bridgehead atoms. The number of ether oxygens (including phenoxy) is 1. The molecule has 1 aliphatic rings. The van der Waals surface area contributed by atoms with E-state index in [1.165, 1.54) is 0 Å². The van der Waals surface area contributed by atoms with Crippen LogP contribution in [0, 0.1) is 13.8 Å². The van der Waals surface area contributed by atoms with Gasteiger partial charge in [0.2, 0.25) is 0 Å². The highest BCUT2D eigenvalue weighted by molar-refractivity contribution is 5.95. The molecule has 1 aromatic heterocycles. The van der Waals surface area contributed by atoms with E-state index < -0.39 is 0 Å². The molecule has 0 aliphatic heterocycles. The third kappa shape index (κ3) is 4.86. The minimum atomic E-state index is -0.0759. The maximum Gasteiger partial charge on any atom is 0.254 e. The predicted octanol–water partition coefficient (Wildman–Crippen LogP) is 2.30. The summed E-state index contributed by atoms with van der Waals surface area (Å²) in [5.74, 6) is 1.35. The van der Waals surface area contributed by atoms with Gasteiger partial charge in [0.25, 0.3) is 5.91 Å². The highest BCUT2D eigenvalue weighted by Crippen LogP contribution is 2.19. The van der Waals surface area contributed by atoms with Crippen LogP contribution in [0.2, 0.25) is 0 Å². The molecule has 118 valence electrons. The van der Waals surface area contributed by atoms with Gasteiger partial charge in [-0.2, -0.15) is 0 Å². The quantitative estimate of drug-likeness (QED) is 0.789. The largest absolute Gasteiger partial charge is 0.466 e. The lowest BCUT2D eigenvalue weighted by Crippen LogP contribution is -2.31. The van der Waals surface area contributed by atoms with E-state index in [4.69, 9.17) is 14.9 Å². The number of furan rings is 1. The number of hydrogen-bond donors (Lipinski definition) is 2. The first kappa shape index (κ1) is 16.0. The summed E-state index contributed by atoms with van der Waals surface area (Å²) >= 11 is 0. The van der Waals surface area contributed by atoms with Crippen molar-refractivity contribution in [1.29, 1.82) is 0 Å². The Morgan fingerprint density at radius 1 is 1.38 bits per heavy atom. The van der Waals surface area contributed by atoms with Gasteiger partial charge in [-0.15, -0.1) is 0 Å². The Morgan fingerprint density at radius 2 is 2.10 bits per heavy atom. The van der Waals surface area contributed by atoms with Crippen molar-refractivity contribution in [2.75, 3.05) is 13.2 Å². The number of carbonyl (C=O) groups is 1. The van der Waals surface area contributed by atoms with Crippen LogP contribution in [-0.2, 0) is 4.74 Å². The molecule has 3 N–H and O–H groups in total. The van der Waals surface area contributed by atoms with Gasteiger partial charge in [0, 0.05) is 19.2 Å². The molecule has 1 amide bonds. The Balaban J connectivity index is 1.59. The lowest BCUT2D eigenvalue weighted by Gasteiger charge is -2.26. The van der Waals surface area contributed by atoms with Gasteiger partial charge < -0.3 is 20.2 Å². The third-order valence-electron chi connectivity index (χ3n) is 3.96. The summed E-state index contributed by atoms with van der Waals surface area (Å²) in [5.41, 5.74) is 6.49. The minimum Gasteiger partial charge on any atom is -0.466 e. The number of hydrogen-bond acceptors (Lipinski definition) is 4. The molecule has 0 aromatic carbocycles. The molecule has 2 rings (SSSR count). The topological polar surface area (TPSA) is 77.5 Å². The average molecular weight is 294 g/mol. The Hall–Kier alpha value is -1.33. The zero-order chi connectivity index (χ0) is 15.2. The summed E-state index contributed by atoms with van der Waals surface area (Å²) < 4.78 is 11.2. The maximum atomic E-state index is 12.0. The van der Waals surface area contributed by atoms with Crippen molar-refractivity contribution in [2.45, 2.75) is 58.1 Å². The van der Waals surface area contributed by atoms with Gasteiger partial charge in [-0.25, -0.2) is 0 Å². The number of rotatable bonds is 6. The fourth-order valence-corrected chi connectivity index (χ4v) is 2.73. The van der Waals surface area contributed by atoms with Crippen LogP contribution in [0.5, 0.6) is 0 Å². The van der Waals surface area contributed by atoms with Gasteiger partial charge in [-0.05, 0) is 52.0 Å². The van der Waals surface area contributed by atoms with E-state index in [9.17, 15) is 4.79 Å². The van der Waals surface area contributed by atoms with Gasteiger partial charge in [-0.3, -0.25) is 4.79 Å². The van der Waals surface area contributed by atoms with Crippen LogP contribution in [0.25, 0.3) is 0 Å². The number of carbonyl (C=O) groups excluding carboxylic acids is 1. The highest BCUT2D eigenvalue weighted by atomic mass is 16.5. The van der Waals surface area contributed by atoms with Crippen LogP contribution >= 0.6 is 0 Å². The monoisotopic (exact) mass is 294 g/mol. The van der Waals surface area contributed by atoms with Gasteiger partial charge in [0.05, 0.1) is 11.7 Å². The van der Waals surface area contributed by atoms with Crippen LogP contribution in [0.15, 0.2) is 10.5 Å². The molecule has 0 spiro atoms. The van der Waals surface area contributed by atoms with Crippen molar-refractivity contribution in [2.24, 2.45) is 5.73 Å². The van der Waals surface area contributed by atoms with E-state index in [2.05, 4.69) is 5.32 Å². The third-order valence-corrected chi connectivity index (χ3v) is 3.96. The SMILES string of the molecule is Cc1cc(C(=O)NCCCOC2CCC(N)CC2)c(C)o1. The zero-order valence-corrected chi connectivity index (χ0v) is 13.0. The van der Waals surface area contributed by atoms with E-state index in [-0.39, 0.29) is 5.91 Å². The molecule has 21 heavy (non-hydrogen) atoms. The molecule has 0 radical (unpaired) electrons. The second-order valence-corrected chi connectivity index (χ2v) is 5.84. The van der Waals surface area contributed by atoms with Crippen LogP contribution in [0.3, 0.4) is 0 Å². The second kappa shape index (κ2) is 7.61. The molecule has 1 aromatic rings. The second-order valence-electron chi connectivity index (χ2n) is 5.84. The number of nitrogens with two attached hydrogens (primary N) is 1. The molecule has 0 atom stereocenters. The zero-order valence-electron chi connectivity index (χ0n) is 13.0. The Kier molecular flexibility index (Phi) is 5.82. The van der Waals surface area contributed by atoms with Crippen molar-refractivity contribution >= 4 is 5.91 Å². The standard InChI is InChI=1S/C16H26N2O3/c1-11-10-15(12(2)21-11)16(19)18-8-3-9-20-14-6-4-13(17)5-7-14/h10,13-14H,3-9,17H2,1-2H3,(H,18,19). The summed E-state index contributed by atoms with van der Waals surface area (Å²) in [5, 5.41) is 2.90. The Labute approximate surface area is 126 Å². The summed E-state index contributed by atoms with van der Waals surface area (Å²) in [6.45, 7) is 4.95. The number of nitrogens with one attached hydrogen (secondary N) is 1.